The average Bonchev–Trinajstić information content (AvgIpc) is 2.71. The summed E-state index contributed by atoms with van der Waals surface area (Å²) in [5, 5.41) is 9.37. The van der Waals surface area contributed by atoms with E-state index in [0.29, 0.717) is 25.8 Å². The third-order valence-corrected chi connectivity index (χ3v) is 3.10. The molecule has 96 valence electrons. The van der Waals surface area contributed by atoms with Gasteiger partial charge in [0, 0.05) is 6.54 Å². The monoisotopic (exact) mass is 241 g/mol. The van der Waals surface area contributed by atoms with Gasteiger partial charge < -0.3 is 9.84 Å². The van der Waals surface area contributed by atoms with Crippen molar-refractivity contribution in [2.24, 2.45) is 0 Å². The van der Waals surface area contributed by atoms with Crippen molar-refractivity contribution in [3.63, 3.8) is 0 Å². The highest BCUT2D eigenvalue weighted by Crippen LogP contribution is 2.34. The zero-order chi connectivity index (χ0) is 12.9. The molecule has 5 heteroatoms. The van der Waals surface area contributed by atoms with Crippen molar-refractivity contribution in [1.82, 2.24) is 4.90 Å². The summed E-state index contributed by atoms with van der Waals surface area (Å²) in [6.45, 7) is 5.92. The van der Waals surface area contributed by atoms with Gasteiger partial charge in [0.2, 0.25) is 0 Å². The number of hydrogen-bond acceptors (Lipinski definition) is 3. The van der Waals surface area contributed by atoms with E-state index in [1.807, 2.05) is 6.92 Å². The van der Waals surface area contributed by atoms with E-state index in [1.165, 1.54) is 11.0 Å². The second-order valence-corrected chi connectivity index (χ2v) is 4.21. The summed E-state index contributed by atoms with van der Waals surface area (Å²) >= 11 is 0. The second-order valence-electron chi connectivity index (χ2n) is 4.21. The number of ether oxygens (including phenoxy) is 1. The summed E-state index contributed by atoms with van der Waals surface area (Å²) in [6.07, 6.45) is 3.30. The van der Waals surface area contributed by atoms with E-state index in [1.54, 1.807) is 0 Å². The Morgan fingerprint density at radius 3 is 2.82 bits per heavy atom. The lowest BCUT2D eigenvalue weighted by atomic mass is 9.91. The van der Waals surface area contributed by atoms with Crippen molar-refractivity contribution in [2.75, 3.05) is 13.2 Å². The molecule has 1 amide bonds. The number of rotatable bonds is 5. The van der Waals surface area contributed by atoms with Crippen molar-refractivity contribution < 1.29 is 19.4 Å². The number of nitrogens with zero attached hydrogens (tertiary/aromatic N) is 1. The summed E-state index contributed by atoms with van der Waals surface area (Å²) in [5.74, 6) is -0.938. The van der Waals surface area contributed by atoms with Crippen LogP contribution >= 0.6 is 0 Å². The topological polar surface area (TPSA) is 66.8 Å². The Labute approximate surface area is 101 Å². The molecule has 0 aliphatic carbocycles. The number of aliphatic carboxylic acids is 1. The van der Waals surface area contributed by atoms with Gasteiger partial charge in [0.05, 0.1) is 0 Å². The first-order valence-corrected chi connectivity index (χ1v) is 5.87. The molecule has 1 atom stereocenters. The fraction of sp³-hybridized carbons (Fsp3) is 0.667. The van der Waals surface area contributed by atoms with Crippen LogP contribution in [0.25, 0.3) is 0 Å². The number of carboxylic acid groups (broad SMARTS) is 1. The van der Waals surface area contributed by atoms with Crippen molar-refractivity contribution >= 4 is 12.1 Å². The van der Waals surface area contributed by atoms with Crippen LogP contribution in [0.15, 0.2) is 12.7 Å². The lowest BCUT2D eigenvalue weighted by molar-refractivity contribution is -0.149. The molecule has 0 radical (unpaired) electrons. The molecule has 0 spiro atoms. The van der Waals surface area contributed by atoms with Crippen LogP contribution in [-0.2, 0) is 9.53 Å². The summed E-state index contributed by atoms with van der Waals surface area (Å²) < 4.78 is 4.93. The van der Waals surface area contributed by atoms with Crippen LogP contribution in [-0.4, -0.2) is 40.8 Å². The highest BCUT2D eigenvalue weighted by molar-refractivity contribution is 5.85. The largest absolute Gasteiger partial charge is 0.479 e. The molecule has 1 rings (SSSR count). The molecule has 1 saturated heterocycles. The Balaban J connectivity index is 2.84. The first-order chi connectivity index (χ1) is 8.08. The molecule has 0 aromatic rings. The van der Waals surface area contributed by atoms with E-state index in [9.17, 15) is 14.7 Å². The Bertz CT molecular complexity index is 316. The SMILES string of the molecule is C=CCOC(=O)N1CCCC1(CCC)C(=O)O. The number of carbonyl (C=O) groups is 2. The van der Waals surface area contributed by atoms with Gasteiger partial charge >= 0.3 is 12.1 Å². The summed E-state index contributed by atoms with van der Waals surface area (Å²) in [6, 6.07) is 0. The molecule has 1 fully saturated rings. The Morgan fingerprint density at radius 2 is 2.29 bits per heavy atom. The molecule has 0 bridgehead atoms. The van der Waals surface area contributed by atoms with Crippen molar-refractivity contribution in [1.29, 1.82) is 0 Å². The van der Waals surface area contributed by atoms with Gasteiger partial charge in [0.15, 0.2) is 0 Å². The van der Waals surface area contributed by atoms with Crippen LogP contribution in [0.2, 0.25) is 0 Å². The van der Waals surface area contributed by atoms with Crippen LogP contribution in [0.3, 0.4) is 0 Å². The molecule has 1 heterocycles. The second kappa shape index (κ2) is 5.70. The molecule has 1 aliphatic rings. The molecule has 1 unspecified atom stereocenters. The van der Waals surface area contributed by atoms with Gasteiger partial charge in [-0.2, -0.15) is 0 Å². The lowest BCUT2D eigenvalue weighted by Crippen LogP contribution is -2.53. The fourth-order valence-electron chi connectivity index (χ4n) is 2.36. The van der Waals surface area contributed by atoms with E-state index in [2.05, 4.69) is 6.58 Å². The highest BCUT2D eigenvalue weighted by atomic mass is 16.6. The van der Waals surface area contributed by atoms with E-state index >= 15 is 0 Å². The van der Waals surface area contributed by atoms with Gasteiger partial charge in [0.25, 0.3) is 0 Å². The molecule has 5 nitrogen and oxygen atoms in total. The van der Waals surface area contributed by atoms with Gasteiger partial charge in [-0.3, -0.25) is 4.90 Å². The normalized spacial score (nSPS) is 23.5. The fourth-order valence-corrected chi connectivity index (χ4v) is 2.36. The minimum Gasteiger partial charge on any atom is -0.479 e. The maximum absolute atomic E-state index is 11.8. The minimum absolute atomic E-state index is 0.108. The molecular formula is C12H19NO4. The molecule has 1 N–H and O–H groups in total. The quantitative estimate of drug-likeness (QED) is 0.748. The third-order valence-electron chi connectivity index (χ3n) is 3.10. The lowest BCUT2D eigenvalue weighted by Gasteiger charge is -2.33. The first kappa shape index (κ1) is 13.5. The van der Waals surface area contributed by atoms with E-state index in [-0.39, 0.29) is 6.61 Å². The number of amides is 1. The zero-order valence-electron chi connectivity index (χ0n) is 10.1. The van der Waals surface area contributed by atoms with Crippen LogP contribution in [0.1, 0.15) is 32.6 Å². The number of carboxylic acids is 1. The first-order valence-electron chi connectivity index (χ1n) is 5.87. The van der Waals surface area contributed by atoms with Gasteiger partial charge in [-0.15, -0.1) is 0 Å². The van der Waals surface area contributed by atoms with Gasteiger partial charge in [-0.25, -0.2) is 9.59 Å². The van der Waals surface area contributed by atoms with Crippen LogP contribution in [0, 0.1) is 0 Å². The summed E-state index contributed by atoms with van der Waals surface area (Å²) in [7, 11) is 0. The summed E-state index contributed by atoms with van der Waals surface area (Å²) in [5.41, 5.74) is -1.08. The molecule has 0 aromatic heterocycles. The number of hydrogen-bond donors (Lipinski definition) is 1. The summed E-state index contributed by atoms with van der Waals surface area (Å²) in [4.78, 5) is 24.6. The molecule has 0 aromatic carbocycles. The molecule has 1 aliphatic heterocycles. The highest BCUT2D eigenvalue weighted by Gasteiger charge is 2.49. The van der Waals surface area contributed by atoms with Crippen molar-refractivity contribution in [2.45, 2.75) is 38.1 Å². The van der Waals surface area contributed by atoms with E-state index < -0.39 is 17.6 Å². The maximum Gasteiger partial charge on any atom is 0.411 e. The third kappa shape index (κ3) is 2.60. The average molecular weight is 241 g/mol. The van der Waals surface area contributed by atoms with Gasteiger partial charge in [-0.05, 0) is 19.3 Å². The van der Waals surface area contributed by atoms with Crippen molar-refractivity contribution in [3.8, 4) is 0 Å². The van der Waals surface area contributed by atoms with Crippen LogP contribution in [0.4, 0.5) is 4.79 Å². The zero-order valence-corrected chi connectivity index (χ0v) is 10.1. The Hall–Kier alpha value is -1.52. The predicted octanol–water partition coefficient (Wildman–Crippen LogP) is 2.03. The molecular weight excluding hydrogens is 222 g/mol. The molecule has 0 saturated carbocycles. The standard InChI is InChI=1S/C12H19NO4/c1-3-6-12(10(14)15)7-5-8-13(12)11(16)17-9-4-2/h4H,2-3,5-9H2,1H3,(H,14,15). The Kier molecular flexibility index (Phi) is 4.54. The smallest absolute Gasteiger partial charge is 0.411 e. The maximum atomic E-state index is 11.8. The van der Waals surface area contributed by atoms with Gasteiger partial charge in [-0.1, -0.05) is 26.0 Å². The number of carbonyl (C=O) groups excluding carboxylic acids is 1. The minimum atomic E-state index is -1.08. The van der Waals surface area contributed by atoms with E-state index in [0.717, 1.165) is 6.42 Å². The van der Waals surface area contributed by atoms with Crippen molar-refractivity contribution in [3.05, 3.63) is 12.7 Å². The van der Waals surface area contributed by atoms with Gasteiger partial charge in [0.1, 0.15) is 12.1 Å². The predicted molar refractivity (Wildman–Crippen MR) is 62.8 cm³/mol. The number of likely N-dealkylation sites (tertiary alicyclic amines) is 1. The van der Waals surface area contributed by atoms with E-state index in [4.69, 9.17) is 4.74 Å². The van der Waals surface area contributed by atoms with Crippen LogP contribution in [0.5, 0.6) is 0 Å². The van der Waals surface area contributed by atoms with Crippen LogP contribution < -0.4 is 0 Å². The molecule has 17 heavy (non-hydrogen) atoms. The Morgan fingerprint density at radius 1 is 1.59 bits per heavy atom.